The van der Waals surface area contributed by atoms with Crippen LogP contribution in [0.15, 0.2) is 0 Å². The third-order valence-corrected chi connectivity index (χ3v) is 1.92. The van der Waals surface area contributed by atoms with Gasteiger partial charge in [-0.3, -0.25) is 9.59 Å². The summed E-state index contributed by atoms with van der Waals surface area (Å²) in [5.41, 5.74) is -0.407. The molecule has 3 heteroatoms. The Bertz CT molecular complexity index is 212. The first-order valence-corrected chi connectivity index (χ1v) is 4.15. The minimum Gasteiger partial charge on any atom is -0.454 e. The zero-order chi connectivity index (χ0) is 9.35. The fourth-order valence-electron chi connectivity index (χ4n) is 1.19. The largest absolute Gasteiger partial charge is 0.454 e. The average molecular weight is 170 g/mol. The zero-order valence-electron chi connectivity index (χ0n) is 7.72. The summed E-state index contributed by atoms with van der Waals surface area (Å²) in [6, 6.07) is 0. The molecule has 3 nitrogen and oxygen atoms in total. The van der Waals surface area contributed by atoms with E-state index < -0.39 is 11.5 Å². The Labute approximate surface area is 72.1 Å². The third kappa shape index (κ3) is 1.84. The van der Waals surface area contributed by atoms with E-state index in [0.717, 1.165) is 0 Å². The molecule has 1 heterocycles. The van der Waals surface area contributed by atoms with Crippen LogP contribution >= 0.6 is 0 Å². The molecule has 12 heavy (non-hydrogen) atoms. The summed E-state index contributed by atoms with van der Waals surface area (Å²) in [7, 11) is 0. The molecule has 0 aliphatic carbocycles. The Morgan fingerprint density at radius 1 is 1.50 bits per heavy atom. The number of hydrogen-bond acceptors (Lipinski definition) is 3. The number of cyclic esters (lactones) is 1. The molecule has 1 aliphatic heterocycles. The maximum Gasteiger partial charge on any atom is 0.306 e. The fraction of sp³-hybridized carbons (Fsp3) is 0.778. The average Bonchev–Trinajstić information content (AvgIpc) is 2.32. The van der Waals surface area contributed by atoms with E-state index in [2.05, 4.69) is 0 Å². The first-order chi connectivity index (χ1) is 5.41. The minimum absolute atomic E-state index is 0.0216. The van der Waals surface area contributed by atoms with Crippen molar-refractivity contribution >= 4 is 11.8 Å². The number of hydrogen-bond donors (Lipinski definition) is 0. The first-order valence-electron chi connectivity index (χ1n) is 4.15. The van der Waals surface area contributed by atoms with Crippen molar-refractivity contribution in [2.75, 3.05) is 0 Å². The van der Waals surface area contributed by atoms with Gasteiger partial charge in [-0.1, -0.05) is 20.8 Å². The van der Waals surface area contributed by atoms with Crippen LogP contribution in [0.4, 0.5) is 0 Å². The molecule has 0 radical (unpaired) electrons. The highest BCUT2D eigenvalue weighted by atomic mass is 16.6. The van der Waals surface area contributed by atoms with Gasteiger partial charge in [-0.2, -0.15) is 0 Å². The molecule has 1 aliphatic rings. The number of carbonyl (C=O) groups excluding carboxylic acids is 2. The SMILES string of the molecule is CC(C)(C)C(=O)[C@H]1CCC(=O)O1. The molecule has 1 fully saturated rings. The van der Waals surface area contributed by atoms with Gasteiger partial charge < -0.3 is 4.74 Å². The lowest BCUT2D eigenvalue weighted by atomic mass is 9.87. The van der Waals surface area contributed by atoms with Crippen molar-refractivity contribution in [3.63, 3.8) is 0 Å². The topological polar surface area (TPSA) is 43.4 Å². The molecule has 0 amide bonds. The van der Waals surface area contributed by atoms with Gasteiger partial charge in [0.05, 0.1) is 0 Å². The number of carbonyl (C=O) groups is 2. The van der Waals surface area contributed by atoms with Crippen molar-refractivity contribution < 1.29 is 14.3 Å². The standard InChI is InChI=1S/C9H14O3/c1-9(2,3)8(11)6-4-5-7(10)12-6/h6H,4-5H2,1-3H3/t6-/m1/s1. The number of esters is 1. The van der Waals surface area contributed by atoms with Crippen LogP contribution in [-0.2, 0) is 14.3 Å². The molecular weight excluding hydrogens is 156 g/mol. The molecule has 0 bridgehead atoms. The highest BCUT2D eigenvalue weighted by Crippen LogP contribution is 2.24. The van der Waals surface area contributed by atoms with E-state index in [1.807, 2.05) is 20.8 Å². The number of ketones is 1. The molecule has 0 aromatic rings. The highest BCUT2D eigenvalue weighted by Gasteiger charge is 2.35. The summed E-state index contributed by atoms with van der Waals surface area (Å²) in [4.78, 5) is 22.2. The molecule has 68 valence electrons. The van der Waals surface area contributed by atoms with Crippen LogP contribution in [0.1, 0.15) is 33.6 Å². The van der Waals surface area contributed by atoms with Gasteiger partial charge >= 0.3 is 5.97 Å². The summed E-state index contributed by atoms with van der Waals surface area (Å²) in [6.45, 7) is 5.50. The lowest BCUT2D eigenvalue weighted by molar-refractivity contribution is -0.150. The summed E-state index contributed by atoms with van der Waals surface area (Å²) in [5, 5.41) is 0. The predicted molar refractivity (Wildman–Crippen MR) is 43.6 cm³/mol. The van der Waals surface area contributed by atoms with E-state index in [-0.39, 0.29) is 11.8 Å². The van der Waals surface area contributed by atoms with Crippen molar-refractivity contribution in [2.24, 2.45) is 5.41 Å². The van der Waals surface area contributed by atoms with Gasteiger partial charge in [-0.15, -0.1) is 0 Å². The second kappa shape index (κ2) is 2.88. The van der Waals surface area contributed by atoms with Crippen LogP contribution in [0.25, 0.3) is 0 Å². The molecule has 0 N–H and O–H groups in total. The summed E-state index contributed by atoms with van der Waals surface area (Å²) < 4.78 is 4.86. The van der Waals surface area contributed by atoms with Crippen molar-refractivity contribution in [1.29, 1.82) is 0 Å². The number of ether oxygens (including phenoxy) is 1. The van der Waals surface area contributed by atoms with Gasteiger partial charge in [0, 0.05) is 18.3 Å². The third-order valence-electron chi connectivity index (χ3n) is 1.92. The Hall–Kier alpha value is -0.860. The van der Waals surface area contributed by atoms with Gasteiger partial charge in [0.25, 0.3) is 0 Å². The first kappa shape index (κ1) is 9.23. The van der Waals surface area contributed by atoms with Crippen LogP contribution in [-0.4, -0.2) is 17.9 Å². The zero-order valence-corrected chi connectivity index (χ0v) is 7.72. The second-order valence-electron chi connectivity index (χ2n) is 4.13. The summed E-state index contributed by atoms with van der Waals surface area (Å²) in [6.07, 6.45) is 0.444. The van der Waals surface area contributed by atoms with Gasteiger partial charge in [-0.25, -0.2) is 0 Å². The molecule has 0 aromatic carbocycles. The maximum absolute atomic E-state index is 11.5. The minimum atomic E-state index is -0.488. The van der Waals surface area contributed by atoms with E-state index in [9.17, 15) is 9.59 Å². The fourth-order valence-corrected chi connectivity index (χ4v) is 1.19. The molecule has 1 rings (SSSR count). The Morgan fingerprint density at radius 3 is 2.42 bits per heavy atom. The van der Waals surface area contributed by atoms with Gasteiger partial charge in [0.15, 0.2) is 11.9 Å². The molecule has 0 unspecified atom stereocenters. The van der Waals surface area contributed by atoms with Crippen LogP contribution in [0.3, 0.4) is 0 Å². The van der Waals surface area contributed by atoms with Gasteiger partial charge in [-0.05, 0) is 0 Å². The Kier molecular flexibility index (Phi) is 2.22. The molecular formula is C9H14O3. The molecule has 1 saturated heterocycles. The van der Waals surface area contributed by atoms with E-state index >= 15 is 0 Å². The summed E-state index contributed by atoms with van der Waals surface area (Å²) in [5.74, 6) is -0.231. The van der Waals surface area contributed by atoms with Gasteiger partial charge in [0.1, 0.15) is 0 Å². The number of rotatable bonds is 1. The number of Topliss-reactive ketones (excluding diaryl/α,β-unsaturated/α-hetero) is 1. The maximum atomic E-state index is 11.5. The quantitative estimate of drug-likeness (QED) is 0.557. The molecule has 0 aromatic heterocycles. The van der Waals surface area contributed by atoms with Crippen molar-refractivity contribution in [3.05, 3.63) is 0 Å². The lowest BCUT2D eigenvalue weighted by Gasteiger charge is -2.19. The smallest absolute Gasteiger partial charge is 0.306 e. The Balaban J connectivity index is 2.61. The van der Waals surface area contributed by atoms with Crippen LogP contribution in [0, 0.1) is 5.41 Å². The van der Waals surface area contributed by atoms with Gasteiger partial charge in [0.2, 0.25) is 0 Å². The van der Waals surface area contributed by atoms with E-state index in [1.165, 1.54) is 0 Å². The monoisotopic (exact) mass is 170 g/mol. The van der Waals surface area contributed by atoms with Crippen LogP contribution < -0.4 is 0 Å². The van der Waals surface area contributed by atoms with Crippen molar-refractivity contribution in [2.45, 2.75) is 39.7 Å². The van der Waals surface area contributed by atoms with Crippen molar-refractivity contribution in [1.82, 2.24) is 0 Å². The molecule has 0 saturated carbocycles. The predicted octanol–water partition coefficient (Wildman–Crippen LogP) is 1.31. The lowest BCUT2D eigenvalue weighted by Crippen LogP contribution is -2.32. The van der Waals surface area contributed by atoms with E-state index in [1.54, 1.807) is 0 Å². The normalized spacial score (nSPS) is 23.9. The molecule has 1 atom stereocenters. The van der Waals surface area contributed by atoms with Crippen molar-refractivity contribution in [3.8, 4) is 0 Å². The Morgan fingerprint density at radius 2 is 2.08 bits per heavy atom. The molecule has 0 spiro atoms. The van der Waals surface area contributed by atoms with E-state index in [0.29, 0.717) is 12.8 Å². The summed E-state index contributed by atoms with van der Waals surface area (Å²) >= 11 is 0. The van der Waals surface area contributed by atoms with E-state index in [4.69, 9.17) is 4.74 Å². The highest BCUT2D eigenvalue weighted by molar-refractivity contribution is 5.91. The second-order valence-corrected chi connectivity index (χ2v) is 4.13. The van der Waals surface area contributed by atoms with Crippen LogP contribution in [0.2, 0.25) is 0 Å². The van der Waals surface area contributed by atoms with Crippen LogP contribution in [0.5, 0.6) is 0 Å².